The van der Waals surface area contributed by atoms with Crippen molar-refractivity contribution in [3.8, 4) is 0 Å². The SMILES string of the molecule is O=C(CCCSSc1ccccn1)ONS. The smallest absolute Gasteiger partial charge is 0.325 e. The highest BCUT2D eigenvalue weighted by atomic mass is 33.1. The fraction of sp³-hybridized carbons (Fsp3) is 0.333. The predicted octanol–water partition coefficient (Wildman–Crippen LogP) is 2.49. The first kappa shape index (κ1) is 13.7. The van der Waals surface area contributed by atoms with Crippen LogP contribution < -0.4 is 4.89 Å². The van der Waals surface area contributed by atoms with Crippen LogP contribution in [0.5, 0.6) is 0 Å². The maximum Gasteiger partial charge on any atom is 0.325 e. The second-order valence-electron chi connectivity index (χ2n) is 2.74. The third-order valence-corrected chi connectivity index (χ3v) is 3.99. The van der Waals surface area contributed by atoms with Gasteiger partial charge in [-0.2, -0.15) is 0 Å². The number of nitrogens with one attached hydrogen (secondary N) is 1. The molecule has 0 aromatic carbocycles. The largest absolute Gasteiger partial charge is 0.360 e. The third kappa shape index (κ3) is 6.26. The van der Waals surface area contributed by atoms with Crippen LogP contribution in [-0.2, 0) is 9.63 Å². The molecule has 0 saturated heterocycles. The van der Waals surface area contributed by atoms with E-state index in [0.717, 1.165) is 17.2 Å². The number of carbonyl (C=O) groups excluding carboxylic acids is 1. The maximum atomic E-state index is 10.9. The van der Waals surface area contributed by atoms with Gasteiger partial charge < -0.3 is 4.84 Å². The fourth-order valence-corrected chi connectivity index (χ4v) is 2.94. The Labute approximate surface area is 108 Å². The summed E-state index contributed by atoms with van der Waals surface area (Å²) in [6.07, 6.45) is 2.93. The molecule has 1 heterocycles. The second kappa shape index (κ2) is 8.74. The Morgan fingerprint density at radius 2 is 2.44 bits per heavy atom. The molecular formula is C9H12N2O2S3. The lowest BCUT2D eigenvalue weighted by Gasteiger charge is -2.00. The molecule has 0 amide bonds. The highest BCUT2D eigenvalue weighted by molar-refractivity contribution is 8.76. The number of hydrogen-bond acceptors (Lipinski definition) is 7. The summed E-state index contributed by atoms with van der Waals surface area (Å²) in [5, 5.41) is 0.979. The standard InChI is InChI=1S/C9H12N2O2S3/c12-9(13-11-14)5-3-7-15-16-8-4-1-2-6-10-8/h1-2,4,6,11,14H,3,5,7H2. The summed E-state index contributed by atoms with van der Waals surface area (Å²) >= 11 is 3.56. The van der Waals surface area contributed by atoms with E-state index in [9.17, 15) is 4.79 Å². The molecule has 1 aromatic heterocycles. The maximum absolute atomic E-state index is 10.9. The van der Waals surface area contributed by atoms with Crippen molar-refractivity contribution in [2.24, 2.45) is 0 Å². The lowest BCUT2D eigenvalue weighted by Crippen LogP contribution is -2.10. The number of thiol groups is 1. The van der Waals surface area contributed by atoms with Crippen molar-refractivity contribution in [1.82, 2.24) is 9.87 Å². The van der Waals surface area contributed by atoms with Gasteiger partial charge in [0.25, 0.3) is 0 Å². The van der Waals surface area contributed by atoms with Crippen LogP contribution in [0.1, 0.15) is 12.8 Å². The monoisotopic (exact) mass is 276 g/mol. The average molecular weight is 276 g/mol. The first-order chi connectivity index (χ1) is 7.83. The minimum Gasteiger partial charge on any atom is -0.360 e. The van der Waals surface area contributed by atoms with Crippen molar-refractivity contribution in [3.05, 3.63) is 24.4 Å². The molecule has 1 N–H and O–H groups in total. The molecular weight excluding hydrogens is 264 g/mol. The van der Waals surface area contributed by atoms with Crippen molar-refractivity contribution in [3.63, 3.8) is 0 Å². The van der Waals surface area contributed by atoms with Gasteiger partial charge in [0.05, 0.1) is 0 Å². The van der Waals surface area contributed by atoms with Gasteiger partial charge in [-0.25, -0.2) is 4.98 Å². The Bertz CT molecular complexity index is 311. The summed E-state index contributed by atoms with van der Waals surface area (Å²) < 4.78 is 0. The zero-order chi connectivity index (χ0) is 11.6. The predicted molar refractivity (Wildman–Crippen MR) is 70.0 cm³/mol. The van der Waals surface area contributed by atoms with Crippen molar-refractivity contribution in [2.75, 3.05) is 5.75 Å². The Morgan fingerprint density at radius 3 is 3.12 bits per heavy atom. The van der Waals surface area contributed by atoms with Gasteiger partial charge in [-0.3, -0.25) is 4.79 Å². The lowest BCUT2D eigenvalue weighted by molar-refractivity contribution is -0.146. The Hall–Kier alpha value is -0.370. The van der Waals surface area contributed by atoms with E-state index in [1.54, 1.807) is 27.8 Å². The van der Waals surface area contributed by atoms with E-state index in [1.807, 2.05) is 18.2 Å². The van der Waals surface area contributed by atoms with Gasteiger partial charge in [-0.05, 0) is 29.3 Å². The molecule has 0 bridgehead atoms. The molecule has 0 radical (unpaired) electrons. The molecule has 0 aliphatic rings. The number of nitrogens with zero attached hydrogens (tertiary/aromatic N) is 1. The van der Waals surface area contributed by atoms with Gasteiger partial charge in [0, 0.05) is 18.4 Å². The summed E-state index contributed by atoms with van der Waals surface area (Å²) in [5.41, 5.74) is 0. The molecule has 16 heavy (non-hydrogen) atoms. The molecule has 0 atom stereocenters. The summed E-state index contributed by atoms with van der Waals surface area (Å²) in [4.78, 5) is 21.6. The molecule has 1 aromatic rings. The Balaban J connectivity index is 2.02. The van der Waals surface area contributed by atoms with Gasteiger partial charge in [0.1, 0.15) is 5.03 Å². The number of aromatic nitrogens is 1. The number of pyridine rings is 1. The Morgan fingerprint density at radius 1 is 1.56 bits per heavy atom. The van der Waals surface area contributed by atoms with E-state index >= 15 is 0 Å². The number of rotatable bonds is 7. The molecule has 0 spiro atoms. The second-order valence-corrected chi connectivity index (χ2v) is 5.36. The van der Waals surface area contributed by atoms with Crippen LogP contribution in [0.4, 0.5) is 0 Å². The van der Waals surface area contributed by atoms with E-state index in [2.05, 4.69) is 27.5 Å². The zero-order valence-electron chi connectivity index (χ0n) is 8.46. The molecule has 0 fully saturated rings. The fourth-order valence-electron chi connectivity index (χ4n) is 0.876. The molecule has 4 nitrogen and oxygen atoms in total. The third-order valence-electron chi connectivity index (χ3n) is 1.55. The highest BCUT2D eigenvalue weighted by Crippen LogP contribution is 2.29. The zero-order valence-corrected chi connectivity index (χ0v) is 11.0. The van der Waals surface area contributed by atoms with Crippen LogP contribution in [0.15, 0.2) is 29.4 Å². The van der Waals surface area contributed by atoms with Gasteiger partial charge in [-0.1, -0.05) is 34.6 Å². The van der Waals surface area contributed by atoms with Gasteiger partial charge in [-0.15, -0.1) is 0 Å². The van der Waals surface area contributed by atoms with Crippen molar-refractivity contribution in [1.29, 1.82) is 0 Å². The molecule has 7 heteroatoms. The van der Waals surface area contributed by atoms with E-state index < -0.39 is 0 Å². The summed E-state index contributed by atoms with van der Waals surface area (Å²) in [6, 6.07) is 5.79. The summed E-state index contributed by atoms with van der Waals surface area (Å²) in [5.74, 6) is 0.585. The van der Waals surface area contributed by atoms with Crippen molar-refractivity contribution >= 4 is 40.4 Å². The van der Waals surface area contributed by atoms with E-state index in [-0.39, 0.29) is 5.97 Å². The van der Waals surface area contributed by atoms with E-state index in [4.69, 9.17) is 0 Å². The molecule has 0 aliphatic heterocycles. The highest BCUT2D eigenvalue weighted by Gasteiger charge is 2.02. The quantitative estimate of drug-likeness (QED) is 0.345. The van der Waals surface area contributed by atoms with Crippen LogP contribution in [0, 0.1) is 0 Å². The van der Waals surface area contributed by atoms with E-state index in [1.165, 1.54) is 0 Å². The minimum atomic E-state index is -0.293. The summed E-state index contributed by atoms with van der Waals surface area (Å²) in [7, 11) is 3.28. The van der Waals surface area contributed by atoms with Gasteiger partial charge >= 0.3 is 5.97 Å². The molecule has 88 valence electrons. The minimum absolute atomic E-state index is 0.293. The van der Waals surface area contributed by atoms with Crippen LogP contribution in [0.3, 0.4) is 0 Å². The topological polar surface area (TPSA) is 51.2 Å². The van der Waals surface area contributed by atoms with Crippen LogP contribution in [0.2, 0.25) is 0 Å². The normalized spacial score (nSPS) is 10.1. The van der Waals surface area contributed by atoms with E-state index in [0.29, 0.717) is 6.42 Å². The van der Waals surface area contributed by atoms with Crippen LogP contribution in [-0.4, -0.2) is 16.7 Å². The summed E-state index contributed by atoms with van der Waals surface area (Å²) in [6.45, 7) is 0. The van der Waals surface area contributed by atoms with Crippen LogP contribution >= 0.6 is 34.4 Å². The van der Waals surface area contributed by atoms with Gasteiger partial charge in [0.2, 0.25) is 0 Å². The Kier molecular flexibility index (Phi) is 7.48. The number of hydrogen-bond donors (Lipinski definition) is 2. The van der Waals surface area contributed by atoms with Gasteiger partial charge in [0.15, 0.2) is 0 Å². The molecule has 0 saturated carbocycles. The molecule has 0 unspecified atom stereocenters. The molecule has 1 rings (SSSR count). The molecule has 0 aliphatic carbocycles. The lowest BCUT2D eigenvalue weighted by atomic mass is 10.3. The van der Waals surface area contributed by atoms with Crippen LogP contribution in [0.25, 0.3) is 0 Å². The average Bonchev–Trinajstić information content (AvgIpc) is 2.30. The first-order valence-electron chi connectivity index (χ1n) is 4.62. The van der Waals surface area contributed by atoms with Crippen molar-refractivity contribution in [2.45, 2.75) is 17.9 Å². The number of carbonyl (C=O) groups is 1. The van der Waals surface area contributed by atoms with Crippen molar-refractivity contribution < 1.29 is 9.63 Å². The first-order valence-corrected chi connectivity index (χ1v) is 7.39.